The molecule has 1 heterocycles. The molecule has 0 aromatic heterocycles. The number of ether oxygens (including phenoxy) is 3. The zero-order chi connectivity index (χ0) is 18.2. The van der Waals surface area contributed by atoms with Crippen molar-refractivity contribution >= 4 is 5.97 Å². The minimum atomic E-state index is -0.490. The van der Waals surface area contributed by atoms with Gasteiger partial charge in [-0.05, 0) is 43.7 Å². The molecule has 1 saturated heterocycles. The van der Waals surface area contributed by atoms with Crippen molar-refractivity contribution < 1.29 is 19.0 Å². The summed E-state index contributed by atoms with van der Waals surface area (Å²) in [5.41, 5.74) is 2.13. The number of hydrogen-bond acceptors (Lipinski definition) is 4. The van der Waals surface area contributed by atoms with Crippen molar-refractivity contribution in [1.82, 2.24) is 0 Å². The third kappa shape index (κ3) is 2.99. The molecule has 4 rings (SSSR count). The van der Waals surface area contributed by atoms with Crippen LogP contribution in [0.25, 0.3) is 0 Å². The molecule has 1 saturated carbocycles. The van der Waals surface area contributed by atoms with Crippen molar-refractivity contribution in [2.45, 2.75) is 45.3 Å². The summed E-state index contributed by atoms with van der Waals surface area (Å²) in [6, 6.07) is 9.23. The van der Waals surface area contributed by atoms with Crippen LogP contribution in [0.1, 0.15) is 49.9 Å². The van der Waals surface area contributed by atoms with E-state index >= 15 is 0 Å². The average molecular weight is 356 g/mol. The van der Waals surface area contributed by atoms with Gasteiger partial charge >= 0.3 is 5.97 Å². The summed E-state index contributed by atoms with van der Waals surface area (Å²) in [6.45, 7) is 6.25. The van der Waals surface area contributed by atoms with Crippen LogP contribution in [0, 0.1) is 17.3 Å². The summed E-state index contributed by atoms with van der Waals surface area (Å²) in [4.78, 5) is 12.3. The van der Waals surface area contributed by atoms with Gasteiger partial charge in [-0.15, -0.1) is 0 Å². The molecule has 2 fully saturated rings. The lowest BCUT2D eigenvalue weighted by atomic mass is 9.62. The summed E-state index contributed by atoms with van der Waals surface area (Å²) >= 11 is 0. The Morgan fingerprint density at radius 3 is 2.65 bits per heavy atom. The molecule has 1 aliphatic heterocycles. The Labute approximate surface area is 155 Å². The lowest BCUT2D eigenvalue weighted by molar-refractivity contribution is -0.202. The summed E-state index contributed by atoms with van der Waals surface area (Å²) in [7, 11) is 0. The first kappa shape index (κ1) is 17.7. The van der Waals surface area contributed by atoms with Crippen LogP contribution >= 0.6 is 0 Å². The molecule has 0 amide bonds. The number of fused-ring (bicyclic) bond motifs is 1. The molecule has 1 aromatic rings. The highest BCUT2D eigenvalue weighted by atomic mass is 16.7. The number of allylic oxidation sites excluding steroid dienone is 1. The predicted molar refractivity (Wildman–Crippen MR) is 98.7 cm³/mol. The second-order valence-electron chi connectivity index (χ2n) is 8.13. The number of esters is 1. The molecule has 0 N–H and O–H groups in total. The fourth-order valence-corrected chi connectivity index (χ4v) is 5.29. The van der Waals surface area contributed by atoms with Gasteiger partial charge in [-0.25, -0.2) is 4.79 Å². The molecule has 3 aliphatic rings. The topological polar surface area (TPSA) is 44.8 Å². The average Bonchev–Trinajstić information content (AvgIpc) is 3.24. The quantitative estimate of drug-likeness (QED) is 0.594. The van der Waals surface area contributed by atoms with E-state index < -0.39 is 5.79 Å². The normalized spacial score (nSPS) is 32.8. The van der Waals surface area contributed by atoms with Crippen LogP contribution in [0.5, 0.6) is 0 Å². The second kappa shape index (κ2) is 6.82. The van der Waals surface area contributed by atoms with Gasteiger partial charge in [-0.1, -0.05) is 43.2 Å². The van der Waals surface area contributed by atoms with Crippen LogP contribution in [0.15, 0.2) is 42.0 Å². The minimum Gasteiger partial charge on any atom is -0.461 e. The summed E-state index contributed by atoms with van der Waals surface area (Å²) < 4.78 is 17.6. The monoisotopic (exact) mass is 356 g/mol. The second-order valence-corrected chi connectivity index (χ2v) is 8.13. The number of carbonyl (C=O) groups excluding carboxylic acids is 1. The minimum absolute atomic E-state index is 0.0706. The van der Waals surface area contributed by atoms with E-state index in [1.165, 1.54) is 5.57 Å². The van der Waals surface area contributed by atoms with Gasteiger partial charge in [0.15, 0.2) is 5.79 Å². The SMILES string of the molecule is CC1([C@H]2CC=C3[C@H](COC(=O)c4ccccc4)CCC[C@@]32C)OCCO1. The number of rotatable bonds is 4. The van der Waals surface area contributed by atoms with Crippen molar-refractivity contribution in [3.8, 4) is 0 Å². The van der Waals surface area contributed by atoms with E-state index in [1.807, 2.05) is 18.2 Å². The highest BCUT2D eigenvalue weighted by Crippen LogP contribution is 2.58. The Bertz CT molecular complexity index is 689. The summed E-state index contributed by atoms with van der Waals surface area (Å²) in [5, 5.41) is 0. The molecule has 26 heavy (non-hydrogen) atoms. The smallest absolute Gasteiger partial charge is 0.338 e. The largest absolute Gasteiger partial charge is 0.461 e. The van der Waals surface area contributed by atoms with Crippen molar-refractivity contribution in [2.75, 3.05) is 19.8 Å². The standard InChI is InChI=1S/C22H28O4/c1-21-12-6-9-17(15-24-20(23)16-7-4-3-5-8-16)18(21)10-11-19(21)22(2)25-13-14-26-22/h3-5,7-8,10,17,19H,6,9,11-15H2,1-2H3/t17-,19-,21-/m0/s1. The van der Waals surface area contributed by atoms with Crippen molar-refractivity contribution in [1.29, 1.82) is 0 Å². The van der Waals surface area contributed by atoms with E-state index in [0.717, 1.165) is 25.7 Å². The number of benzene rings is 1. The molecule has 4 heteroatoms. The summed E-state index contributed by atoms with van der Waals surface area (Å²) in [6.07, 6.45) is 6.71. The van der Waals surface area contributed by atoms with Crippen LogP contribution in [-0.4, -0.2) is 31.6 Å². The van der Waals surface area contributed by atoms with Crippen molar-refractivity contribution in [3.05, 3.63) is 47.5 Å². The molecule has 0 bridgehead atoms. The maximum absolute atomic E-state index is 12.3. The van der Waals surface area contributed by atoms with E-state index in [2.05, 4.69) is 19.9 Å². The lowest BCUT2D eigenvalue weighted by Crippen LogP contribution is -2.46. The van der Waals surface area contributed by atoms with Crippen LogP contribution in [0.3, 0.4) is 0 Å². The molecular formula is C22H28O4. The third-order valence-electron chi connectivity index (χ3n) is 6.61. The molecule has 2 aliphatic carbocycles. The summed E-state index contributed by atoms with van der Waals surface area (Å²) in [5.74, 6) is -0.0886. The van der Waals surface area contributed by atoms with E-state index in [4.69, 9.17) is 14.2 Å². The molecule has 0 spiro atoms. The van der Waals surface area contributed by atoms with Gasteiger partial charge in [0, 0.05) is 11.8 Å². The van der Waals surface area contributed by atoms with Gasteiger partial charge in [0.05, 0.1) is 25.4 Å². The Kier molecular flexibility index (Phi) is 4.66. The van der Waals surface area contributed by atoms with Gasteiger partial charge in [-0.2, -0.15) is 0 Å². The first-order chi connectivity index (χ1) is 12.5. The molecule has 0 unspecified atom stereocenters. The van der Waals surface area contributed by atoms with Gasteiger partial charge in [0.1, 0.15) is 0 Å². The molecule has 0 radical (unpaired) electrons. The van der Waals surface area contributed by atoms with Gasteiger partial charge in [0.2, 0.25) is 0 Å². The zero-order valence-corrected chi connectivity index (χ0v) is 15.7. The number of hydrogen-bond donors (Lipinski definition) is 0. The fourth-order valence-electron chi connectivity index (χ4n) is 5.29. The van der Waals surface area contributed by atoms with Gasteiger partial charge in [-0.3, -0.25) is 0 Å². The van der Waals surface area contributed by atoms with Crippen LogP contribution in [0.2, 0.25) is 0 Å². The first-order valence-electron chi connectivity index (χ1n) is 9.73. The molecule has 140 valence electrons. The predicted octanol–water partition coefficient (Wildman–Crippen LogP) is 4.36. The zero-order valence-electron chi connectivity index (χ0n) is 15.7. The van der Waals surface area contributed by atoms with Crippen LogP contribution < -0.4 is 0 Å². The highest BCUT2D eigenvalue weighted by molar-refractivity contribution is 5.89. The van der Waals surface area contributed by atoms with E-state index in [9.17, 15) is 4.79 Å². The third-order valence-corrected chi connectivity index (χ3v) is 6.61. The molecule has 1 aromatic carbocycles. The van der Waals surface area contributed by atoms with E-state index in [-0.39, 0.29) is 11.4 Å². The van der Waals surface area contributed by atoms with Crippen molar-refractivity contribution in [2.24, 2.45) is 17.3 Å². The lowest BCUT2D eigenvalue weighted by Gasteiger charge is -2.46. The molecule has 3 atom stereocenters. The Hall–Kier alpha value is -1.65. The first-order valence-corrected chi connectivity index (χ1v) is 9.73. The van der Waals surface area contributed by atoms with Crippen LogP contribution in [-0.2, 0) is 14.2 Å². The van der Waals surface area contributed by atoms with Gasteiger partial charge in [0.25, 0.3) is 0 Å². The Balaban J connectivity index is 1.45. The van der Waals surface area contributed by atoms with Gasteiger partial charge < -0.3 is 14.2 Å². The fraction of sp³-hybridized carbons (Fsp3) is 0.591. The maximum atomic E-state index is 12.3. The maximum Gasteiger partial charge on any atom is 0.338 e. The number of carbonyl (C=O) groups is 1. The molecular weight excluding hydrogens is 328 g/mol. The van der Waals surface area contributed by atoms with Crippen molar-refractivity contribution in [3.63, 3.8) is 0 Å². The van der Waals surface area contributed by atoms with E-state index in [1.54, 1.807) is 12.1 Å². The van der Waals surface area contributed by atoms with Crippen LogP contribution in [0.4, 0.5) is 0 Å². The Morgan fingerprint density at radius 2 is 1.92 bits per heavy atom. The molecule has 4 nitrogen and oxygen atoms in total. The highest BCUT2D eigenvalue weighted by Gasteiger charge is 2.55. The Morgan fingerprint density at radius 1 is 1.19 bits per heavy atom. The van der Waals surface area contributed by atoms with E-state index in [0.29, 0.717) is 37.2 Å².